The normalized spacial score (nSPS) is 13.8. The summed E-state index contributed by atoms with van der Waals surface area (Å²) >= 11 is 0. The highest BCUT2D eigenvalue weighted by molar-refractivity contribution is 6.06. The number of non-ortho nitro benzene ring substituents is 1. The van der Waals surface area contributed by atoms with Crippen molar-refractivity contribution in [2.24, 2.45) is 0 Å². The fourth-order valence-corrected chi connectivity index (χ4v) is 2.78. The number of hydrogen-bond donors (Lipinski definition) is 0. The number of para-hydroxylation sites is 1. The molecule has 2 aromatic carbocycles. The molecule has 0 spiro atoms. The van der Waals surface area contributed by atoms with Gasteiger partial charge in [0.25, 0.3) is 11.6 Å². The molecule has 7 heteroatoms. The smallest absolute Gasteiger partial charge is 0.269 e. The van der Waals surface area contributed by atoms with Crippen LogP contribution in [0.25, 0.3) is 0 Å². The molecule has 0 unspecified atom stereocenters. The molecule has 0 N–H and O–H groups in total. The van der Waals surface area contributed by atoms with E-state index in [2.05, 4.69) is 0 Å². The van der Waals surface area contributed by atoms with E-state index < -0.39 is 4.92 Å². The van der Waals surface area contributed by atoms with Crippen LogP contribution in [0.3, 0.4) is 0 Å². The Balaban J connectivity index is 1.88. The van der Waals surface area contributed by atoms with Crippen molar-refractivity contribution in [1.82, 2.24) is 4.90 Å². The number of nitro benzene ring substituents is 1. The minimum absolute atomic E-state index is 0.0254. The number of nitrogens with zero attached hydrogens (tertiary/aromatic N) is 3. The predicted octanol–water partition coefficient (Wildman–Crippen LogP) is 2.82. The lowest BCUT2D eigenvalue weighted by Gasteiger charge is -2.28. The molecule has 0 radical (unpaired) electrons. The number of carbonyl (C=O) groups is 2. The molecule has 7 nitrogen and oxygen atoms in total. The van der Waals surface area contributed by atoms with Gasteiger partial charge in [0, 0.05) is 36.3 Å². The maximum atomic E-state index is 12.9. The van der Waals surface area contributed by atoms with E-state index in [4.69, 9.17) is 0 Å². The second-order valence-electron chi connectivity index (χ2n) is 5.77. The second kappa shape index (κ2) is 7.12. The van der Waals surface area contributed by atoms with Gasteiger partial charge in [0.05, 0.1) is 4.92 Å². The third kappa shape index (κ3) is 3.65. The van der Waals surface area contributed by atoms with E-state index in [1.165, 1.54) is 29.2 Å². The third-order valence-electron chi connectivity index (χ3n) is 4.12. The maximum absolute atomic E-state index is 12.9. The molecule has 0 saturated carbocycles. The number of likely N-dealkylation sites (tertiary alicyclic amines) is 1. The minimum atomic E-state index is -0.508. The zero-order valence-corrected chi connectivity index (χ0v) is 13.5. The minimum Gasteiger partial charge on any atom is -0.324 e. The van der Waals surface area contributed by atoms with Crippen LogP contribution >= 0.6 is 0 Å². The van der Waals surface area contributed by atoms with Crippen molar-refractivity contribution >= 4 is 23.2 Å². The van der Waals surface area contributed by atoms with Crippen molar-refractivity contribution in [2.75, 3.05) is 18.1 Å². The molecular formula is C18H17N3O4. The Morgan fingerprint density at radius 1 is 1.12 bits per heavy atom. The topological polar surface area (TPSA) is 83.8 Å². The average molecular weight is 339 g/mol. The van der Waals surface area contributed by atoms with Crippen LogP contribution in [0.5, 0.6) is 0 Å². The Morgan fingerprint density at radius 3 is 2.36 bits per heavy atom. The first-order valence-electron chi connectivity index (χ1n) is 7.95. The van der Waals surface area contributed by atoms with E-state index in [9.17, 15) is 19.7 Å². The highest BCUT2D eigenvalue weighted by atomic mass is 16.6. The molecule has 2 aromatic rings. The van der Waals surface area contributed by atoms with Gasteiger partial charge in [-0.05, 0) is 30.7 Å². The van der Waals surface area contributed by atoms with E-state index in [0.29, 0.717) is 24.2 Å². The summed E-state index contributed by atoms with van der Waals surface area (Å²) < 4.78 is 0. The quantitative estimate of drug-likeness (QED) is 0.619. The molecule has 3 rings (SSSR count). The SMILES string of the molecule is O=C1CCCN1CN(C(=O)c1ccc([N+](=O)[O-])cc1)c1ccccc1. The zero-order valence-electron chi connectivity index (χ0n) is 13.5. The van der Waals surface area contributed by atoms with Crippen LogP contribution in [0.4, 0.5) is 11.4 Å². The lowest BCUT2D eigenvalue weighted by atomic mass is 10.1. The molecule has 1 saturated heterocycles. The molecule has 128 valence electrons. The molecule has 1 heterocycles. The molecule has 0 aliphatic carbocycles. The summed E-state index contributed by atoms with van der Waals surface area (Å²) in [5.74, 6) is -0.279. The summed E-state index contributed by atoms with van der Waals surface area (Å²) in [6.45, 7) is 0.786. The van der Waals surface area contributed by atoms with Crippen molar-refractivity contribution in [2.45, 2.75) is 12.8 Å². The number of hydrogen-bond acceptors (Lipinski definition) is 4. The number of carbonyl (C=O) groups excluding carboxylic acids is 2. The Labute approximate surface area is 144 Å². The molecule has 2 amide bonds. The van der Waals surface area contributed by atoms with E-state index in [1.54, 1.807) is 17.0 Å². The Hall–Kier alpha value is -3.22. The number of amides is 2. The summed E-state index contributed by atoms with van der Waals surface area (Å²) in [5, 5.41) is 10.8. The van der Waals surface area contributed by atoms with Gasteiger partial charge in [0.15, 0.2) is 0 Å². The largest absolute Gasteiger partial charge is 0.324 e. The second-order valence-corrected chi connectivity index (χ2v) is 5.77. The van der Waals surface area contributed by atoms with Crippen LogP contribution in [0.1, 0.15) is 23.2 Å². The molecule has 0 atom stereocenters. The first kappa shape index (κ1) is 16.6. The van der Waals surface area contributed by atoms with Crippen LogP contribution in [-0.2, 0) is 4.79 Å². The molecular weight excluding hydrogens is 322 g/mol. The number of anilines is 1. The molecule has 1 fully saturated rings. The Bertz CT molecular complexity index is 790. The standard InChI is InChI=1S/C18H17N3O4/c22-17-7-4-12-19(17)13-20(15-5-2-1-3-6-15)18(23)14-8-10-16(11-9-14)21(24)25/h1-3,5-6,8-11H,4,7,12-13H2. The first-order chi connectivity index (χ1) is 12.1. The highest BCUT2D eigenvalue weighted by Crippen LogP contribution is 2.21. The van der Waals surface area contributed by atoms with Crippen LogP contribution in [0.2, 0.25) is 0 Å². The first-order valence-corrected chi connectivity index (χ1v) is 7.95. The molecule has 25 heavy (non-hydrogen) atoms. The highest BCUT2D eigenvalue weighted by Gasteiger charge is 2.26. The lowest BCUT2D eigenvalue weighted by Crippen LogP contribution is -2.42. The van der Waals surface area contributed by atoms with E-state index in [-0.39, 0.29) is 24.2 Å². The van der Waals surface area contributed by atoms with Crippen molar-refractivity contribution in [1.29, 1.82) is 0 Å². The predicted molar refractivity (Wildman–Crippen MR) is 92.2 cm³/mol. The Morgan fingerprint density at radius 2 is 1.80 bits per heavy atom. The summed E-state index contributed by atoms with van der Waals surface area (Å²) in [5.41, 5.74) is 0.934. The summed E-state index contributed by atoms with van der Waals surface area (Å²) in [6, 6.07) is 14.5. The summed E-state index contributed by atoms with van der Waals surface area (Å²) in [6.07, 6.45) is 1.28. The fourth-order valence-electron chi connectivity index (χ4n) is 2.78. The molecule has 0 aromatic heterocycles. The van der Waals surface area contributed by atoms with Crippen LogP contribution in [0.15, 0.2) is 54.6 Å². The van der Waals surface area contributed by atoms with Gasteiger partial charge in [-0.2, -0.15) is 0 Å². The van der Waals surface area contributed by atoms with E-state index in [1.807, 2.05) is 18.2 Å². The van der Waals surface area contributed by atoms with Crippen LogP contribution in [0, 0.1) is 10.1 Å². The average Bonchev–Trinajstić information content (AvgIpc) is 3.04. The van der Waals surface area contributed by atoms with Gasteiger partial charge in [-0.15, -0.1) is 0 Å². The monoisotopic (exact) mass is 339 g/mol. The number of nitro groups is 1. The van der Waals surface area contributed by atoms with E-state index in [0.717, 1.165) is 6.42 Å². The molecule has 1 aliphatic rings. The van der Waals surface area contributed by atoms with Gasteiger partial charge in [-0.25, -0.2) is 0 Å². The van der Waals surface area contributed by atoms with Crippen LogP contribution in [-0.4, -0.2) is 34.9 Å². The number of benzene rings is 2. The van der Waals surface area contributed by atoms with Crippen molar-refractivity contribution in [3.63, 3.8) is 0 Å². The van der Waals surface area contributed by atoms with Crippen molar-refractivity contribution in [3.8, 4) is 0 Å². The van der Waals surface area contributed by atoms with Gasteiger partial charge >= 0.3 is 0 Å². The van der Waals surface area contributed by atoms with E-state index >= 15 is 0 Å². The van der Waals surface area contributed by atoms with Gasteiger partial charge in [-0.1, -0.05) is 18.2 Å². The fraction of sp³-hybridized carbons (Fsp3) is 0.222. The van der Waals surface area contributed by atoms with Crippen molar-refractivity contribution in [3.05, 3.63) is 70.3 Å². The van der Waals surface area contributed by atoms with Gasteiger partial charge < -0.3 is 4.90 Å². The van der Waals surface area contributed by atoms with Gasteiger partial charge in [0.1, 0.15) is 6.67 Å². The van der Waals surface area contributed by atoms with Crippen LogP contribution < -0.4 is 4.90 Å². The number of rotatable bonds is 5. The van der Waals surface area contributed by atoms with Crippen molar-refractivity contribution < 1.29 is 14.5 Å². The Kier molecular flexibility index (Phi) is 4.74. The van der Waals surface area contributed by atoms with Gasteiger partial charge in [-0.3, -0.25) is 24.6 Å². The maximum Gasteiger partial charge on any atom is 0.269 e. The lowest BCUT2D eigenvalue weighted by molar-refractivity contribution is -0.384. The summed E-state index contributed by atoms with van der Waals surface area (Å²) in [7, 11) is 0. The third-order valence-corrected chi connectivity index (χ3v) is 4.12. The zero-order chi connectivity index (χ0) is 17.8. The molecule has 0 bridgehead atoms. The van der Waals surface area contributed by atoms with Gasteiger partial charge in [0.2, 0.25) is 5.91 Å². The molecule has 1 aliphatic heterocycles. The summed E-state index contributed by atoms with van der Waals surface area (Å²) in [4.78, 5) is 38.3.